The summed E-state index contributed by atoms with van der Waals surface area (Å²) in [6, 6.07) is 1.06. The number of pyridine rings is 1. The van der Waals surface area contributed by atoms with Crippen LogP contribution in [0.1, 0.15) is 45.1 Å². The lowest BCUT2D eigenvalue weighted by Crippen LogP contribution is -2.28. The van der Waals surface area contributed by atoms with E-state index in [0.717, 1.165) is 25.1 Å². The van der Waals surface area contributed by atoms with Crippen molar-refractivity contribution in [2.45, 2.75) is 51.3 Å². The van der Waals surface area contributed by atoms with E-state index in [4.69, 9.17) is 16.3 Å². The van der Waals surface area contributed by atoms with Crippen LogP contribution in [-0.2, 0) is 4.74 Å². The molecule has 1 fully saturated rings. The summed E-state index contributed by atoms with van der Waals surface area (Å²) in [5.74, 6) is 2.83. The van der Waals surface area contributed by atoms with Crippen molar-refractivity contribution in [1.29, 1.82) is 0 Å². The van der Waals surface area contributed by atoms with Crippen molar-refractivity contribution in [3.05, 3.63) is 23.0 Å². The Bertz CT molecular complexity index is 713. The first-order chi connectivity index (χ1) is 11.5. The Balaban J connectivity index is 2.35. The molecule has 0 spiro atoms. The summed E-state index contributed by atoms with van der Waals surface area (Å²) in [5.41, 5.74) is -1.18. The third-order valence-electron chi connectivity index (χ3n) is 3.19. The normalized spacial score (nSPS) is 15.8. The molecule has 1 amide bonds. The summed E-state index contributed by atoms with van der Waals surface area (Å²) < 4.78 is 45.5. The fraction of sp³-hybridized carbons (Fsp3) is 0.529. The van der Waals surface area contributed by atoms with Crippen LogP contribution in [-0.4, -0.2) is 22.9 Å². The maximum absolute atomic E-state index is 13.5. The SMILES string of the molecule is CC(C)(C)OC(=O)Nc1cnc(Cl)cc1C(C#CC1CC1)C(F)(F)F. The first-order valence-corrected chi connectivity index (χ1v) is 8.07. The number of alkyl halides is 3. The van der Waals surface area contributed by atoms with Crippen LogP contribution in [0.5, 0.6) is 0 Å². The molecule has 1 aliphatic rings. The van der Waals surface area contributed by atoms with Gasteiger partial charge in [-0.3, -0.25) is 5.32 Å². The number of nitrogens with one attached hydrogen (secondary N) is 1. The molecule has 1 unspecified atom stereocenters. The summed E-state index contributed by atoms with van der Waals surface area (Å²) in [6.07, 6.45) is -2.82. The largest absolute Gasteiger partial charge is 0.444 e. The number of nitrogens with zero attached hydrogens (tertiary/aromatic N) is 1. The van der Waals surface area contributed by atoms with Gasteiger partial charge in [0.15, 0.2) is 0 Å². The molecule has 4 nitrogen and oxygen atoms in total. The molecular formula is C17H18ClF3N2O2. The van der Waals surface area contributed by atoms with Gasteiger partial charge in [-0.25, -0.2) is 9.78 Å². The van der Waals surface area contributed by atoms with E-state index in [0.29, 0.717) is 0 Å². The number of hydrogen-bond donors (Lipinski definition) is 1. The van der Waals surface area contributed by atoms with Crippen LogP contribution in [0, 0.1) is 17.8 Å². The molecule has 1 N–H and O–H groups in total. The van der Waals surface area contributed by atoms with E-state index in [1.807, 2.05) is 0 Å². The summed E-state index contributed by atoms with van der Waals surface area (Å²) in [4.78, 5) is 15.6. The van der Waals surface area contributed by atoms with E-state index < -0.39 is 23.8 Å². The molecule has 0 bridgehead atoms. The number of anilines is 1. The number of halogens is 4. The molecule has 0 aromatic carbocycles. The quantitative estimate of drug-likeness (QED) is 0.576. The summed E-state index contributed by atoms with van der Waals surface area (Å²) in [5, 5.41) is 2.18. The van der Waals surface area contributed by atoms with Gasteiger partial charge in [0.05, 0.1) is 11.9 Å². The van der Waals surface area contributed by atoms with E-state index in [9.17, 15) is 18.0 Å². The van der Waals surface area contributed by atoms with Gasteiger partial charge in [-0.1, -0.05) is 23.4 Å². The van der Waals surface area contributed by atoms with E-state index in [2.05, 4.69) is 22.1 Å². The highest BCUT2D eigenvalue weighted by atomic mass is 35.5. The number of rotatable bonds is 2. The van der Waals surface area contributed by atoms with Gasteiger partial charge in [0.2, 0.25) is 0 Å². The Morgan fingerprint density at radius 3 is 2.56 bits per heavy atom. The molecule has 1 saturated carbocycles. The van der Waals surface area contributed by atoms with Gasteiger partial charge in [-0.05, 0) is 39.7 Å². The molecule has 1 aliphatic carbocycles. The number of amides is 1. The minimum absolute atomic E-state index is 0.00410. The lowest BCUT2D eigenvalue weighted by Gasteiger charge is -2.22. The molecule has 1 atom stereocenters. The maximum Gasteiger partial charge on any atom is 0.412 e. The van der Waals surface area contributed by atoms with Crippen molar-refractivity contribution in [2.75, 3.05) is 5.32 Å². The number of hydrogen-bond acceptors (Lipinski definition) is 3. The van der Waals surface area contributed by atoms with Gasteiger partial charge in [0.1, 0.15) is 16.7 Å². The topological polar surface area (TPSA) is 51.2 Å². The predicted molar refractivity (Wildman–Crippen MR) is 88.4 cm³/mol. The number of carbonyl (C=O) groups is 1. The smallest absolute Gasteiger partial charge is 0.412 e. The molecule has 2 rings (SSSR count). The third kappa shape index (κ3) is 6.13. The second-order valence-corrected chi connectivity index (χ2v) is 7.15. The minimum atomic E-state index is -4.61. The van der Waals surface area contributed by atoms with Crippen molar-refractivity contribution >= 4 is 23.4 Å². The molecule has 0 saturated heterocycles. The average Bonchev–Trinajstić information content (AvgIpc) is 3.22. The van der Waals surface area contributed by atoms with Gasteiger partial charge in [-0.2, -0.15) is 13.2 Å². The zero-order valence-electron chi connectivity index (χ0n) is 14.0. The van der Waals surface area contributed by atoms with Crippen LogP contribution in [0.15, 0.2) is 12.3 Å². The Kier molecular flexibility index (Phi) is 5.52. The minimum Gasteiger partial charge on any atom is -0.444 e. The Morgan fingerprint density at radius 1 is 1.40 bits per heavy atom. The van der Waals surface area contributed by atoms with Crippen molar-refractivity contribution in [3.8, 4) is 11.8 Å². The van der Waals surface area contributed by atoms with E-state index in [-0.39, 0.29) is 22.3 Å². The molecule has 1 heterocycles. The number of aromatic nitrogens is 1. The summed E-state index contributed by atoms with van der Waals surface area (Å²) in [7, 11) is 0. The maximum atomic E-state index is 13.5. The molecule has 8 heteroatoms. The number of carbonyl (C=O) groups excluding carboxylic acids is 1. The zero-order chi connectivity index (χ0) is 18.8. The first kappa shape index (κ1) is 19.4. The van der Waals surface area contributed by atoms with Gasteiger partial charge >= 0.3 is 12.3 Å². The molecule has 1 aromatic rings. The lowest BCUT2D eigenvalue weighted by atomic mass is 9.98. The molecular weight excluding hydrogens is 357 g/mol. The van der Waals surface area contributed by atoms with E-state index in [1.165, 1.54) is 0 Å². The Hall–Kier alpha value is -1.94. The molecule has 0 radical (unpaired) electrons. The second kappa shape index (κ2) is 7.12. The van der Waals surface area contributed by atoms with Crippen molar-refractivity contribution < 1.29 is 22.7 Å². The van der Waals surface area contributed by atoms with Gasteiger partial charge in [-0.15, -0.1) is 0 Å². The van der Waals surface area contributed by atoms with Gasteiger partial charge in [0, 0.05) is 11.5 Å². The van der Waals surface area contributed by atoms with Gasteiger partial charge in [0.25, 0.3) is 0 Å². The van der Waals surface area contributed by atoms with Crippen LogP contribution in [0.4, 0.5) is 23.7 Å². The second-order valence-electron chi connectivity index (χ2n) is 6.76. The van der Waals surface area contributed by atoms with E-state index in [1.54, 1.807) is 20.8 Å². The highest BCUT2D eigenvalue weighted by molar-refractivity contribution is 6.29. The predicted octanol–water partition coefficient (Wildman–Crippen LogP) is 5.14. The Labute approximate surface area is 149 Å². The standard InChI is InChI=1S/C17H18ClF3N2O2/c1-16(2,3)25-15(24)23-13-9-22-14(18)8-11(13)12(17(19,20)21)7-6-10-4-5-10/h8-10,12H,4-5H2,1-3H3,(H,23,24). The highest BCUT2D eigenvalue weighted by Crippen LogP contribution is 2.39. The van der Waals surface area contributed by atoms with Crippen LogP contribution in [0.3, 0.4) is 0 Å². The Morgan fingerprint density at radius 2 is 2.04 bits per heavy atom. The highest BCUT2D eigenvalue weighted by Gasteiger charge is 2.41. The van der Waals surface area contributed by atoms with Crippen LogP contribution in [0.25, 0.3) is 0 Å². The van der Waals surface area contributed by atoms with Crippen molar-refractivity contribution in [2.24, 2.45) is 5.92 Å². The average molecular weight is 375 g/mol. The van der Waals surface area contributed by atoms with Crippen LogP contribution >= 0.6 is 11.6 Å². The third-order valence-corrected chi connectivity index (χ3v) is 3.39. The van der Waals surface area contributed by atoms with E-state index >= 15 is 0 Å². The lowest BCUT2D eigenvalue weighted by molar-refractivity contribution is -0.137. The summed E-state index contributed by atoms with van der Waals surface area (Å²) in [6.45, 7) is 4.94. The van der Waals surface area contributed by atoms with Crippen LogP contribution in [0.2, 0.25) is 5.15 Å². The fourth-order valence-corrected chi connectivity index (χ4v) is 2.13. The fourth-order valence-electron chi connectivity index (χ4n) is 1.97. The molecule has 25 heavy (non-hydrogen) atoms. The molecule has 0 aliphatic heterocycles. The van der Waals surface area contributed by atoms with Gasteiger partial charge < -0.3 is 4.74 Å². The zero-order valence-corrected chi connectivity index (χ0v) is 14.8. The van der Waals surface area contributed by atoms with Crippen LogP contribution < -0.4 is 5.32 Å². The first-order valence-electron chi connectivity index (χ1n) is 7.69. The summed E-state index contributed by atoms with van der Waals surface area (Å²) >= 11 is 5.76. The number of ether oxygens (including phenoxy) is 1. The van der Waals surface area contributed by atoms with Crippen molar-refractivity contribution in [3.63, 3.8) is 0 Å². The molecule has 1 aromatic heterocycles. The van der Waals surface area contributed by atoms with Crippen molar-refractivity contribution in [1.82, 2.24) is 4.98 Å². The monoisotopic (exact) mass is 374 g/mol. The molecule has 136 valence electrons.